The van der Waals surface area contributed by atoms with Gasteiger partial charge < -0.3 is 10.4 Å². The summed E-state index contributed by atoms with van der Waals surface area (Å²) in [6.07, 6.45) is 2.35. The van der Waals surface area contributed by atoms with E-state index in [9.17, 15) is 5.11 Å². The lowest BCUT2D eigenvalue weighted by atomic mass is 10.0. The molecule has 0 spiro atoms. The number of hydrogen-bond donors (Lipinski definition) is 2. The highest BCUT2D eigenvalue weighted by Gasteiger charge is 2.08. The van der Waals surface area contributed by atoms with E-state index in [2.05, 4.69) is 26.1 Å². The van der Waals surface area contributed by atoms with Crippen LogP contribution in [0, 0.1) is 5.92 Å². The standard InChI is InChI=1S/C14H22ClNO/c1-4-10(2)7-11(3)16-9-12-8-13(15)5-6-14(12)17/h5-6,8,10-11,16-17H,4,7,9H2,1-3H3. The van der Waals surface area contributed by atoms with Gasteiger partial charge in [-0.05, 0) is 37.5 Å². The van der Waals surface area contributed by atoms with Crippen LogP contribution in [0.3, 0.4) is 0 Å². The first-order valence-electron chi connectivity index (χ1n) is 6.23. The number of hydrogen-bond acceptors (Lipinski definition) is 2. The third-order valence-electron chi connectivity index (χ3n) is 3.14. The Bertz CT molecular complexity index is 354. The number of benzene rings is 1. The molecular formula is C14H22ClNO. The third-order valence-corrected chi connectivity index (χ3v) is 3.37. The lowest BCUT2D eigenvalue weighted by Gasteiger charge is -2.18. The SMILES string of the molecule is CCC(C)CC(C)NCc1cc(Cl)ccc1O. The van der Waals surface area contributed by atoms with Gasteiger partial charge in [-0.25, -0.2) is 0 Å². The van der Waals surface area contributed by atoms with Crippen LogP contribution < -0.4 is 5.32 Å². The molecule has 1 rings (SSSR count). The molecule has 0 fully saturated rings. The summed E-state index contributed by atoms with van der Waals surface area (Å²) in [6.45, 7) is 7.30. The van der Waals surface area contributed by atoms with E-state index in [1.54, 1.807) is 18.2 Å². The molecular weight excluding hydrogens is 234 g/mol. The summed E-state index contributed by atoms with van der Waals surface area (Å²) < 4.78 is 0. The van der Waals surface area contributed by atoms with Crippen molar-refractivity contribution in [1.29, 1.82) is 0 Å². The molecule has 1 aromatic rings. The minimum absolute atomic E-state index is 0.303. The van der Waals surface area contributed by atoms with E-state index in [0.29, 0.717) is 23.4 Å². The van der Waals surface area contributed by atoms with E-state index < -0.39 is 0 Å². The van der Waals surface area contributed by atoms with Crippen molar-refractivity contribution in [3.63, 3.8) is 0 Å². The fraction of sp³-hybridized carbons (Fsp3) is 0.571. The van der Waals surface area contributed by atoms with Crippen molar-refractivity contribution >= 4 is 11.6 Å². The summed E-state index contributed by atoms with van der Waals surface area (Å²) >= 11 is 5.90. The van der Waals surface area contributed by atoms with E-state index in [0.717, 1.165) is 17.9 Å². The van der Waals surface area contributed by atoms with Crippen LogP contribution >= 0.6 is 11.6 Å². The number of phenols is 1. The summed E-state index contributed by atoms with van der Waals surface area (Å²) in [5.74, 6) is 1.03. The normalized spacial score (nSPS) is 14.6. The fourth-order valence-corrected chi connectivity index (χ4v) is 2.03. The highest BCUT2D eigenvalue weighted by Crippen LogP contribution is 2.21. The molecule has 0 aliphatic carbocycles. The Hall–Kier alpha value is -0.730. The molecule has 3 heteroatoms. The Labute approximate surface area is 109 Å². The summed E-state index contributed by atoms with van der Waals surface area (Å²) in [6, 6.07) is 5.59. The summed E-state index contributed by atoms with van der Waals surface area (Å²) in [5.41, 5.74) is 0.855. The maximum absolute atomic E-state index is 9.68. The Kier molecular flexibility index (Phi) is 5.79. The molecule has 1 aromatic carbocycles. The molecule has 0 bridgehead atoms. The summed E-state index contributed by atoms with van der Waals surface area (Å²) in [7, 11) is 0. The molecule has 2 N–H and O–H groups in total. The minimum atomic E-state index is 0.303. The first-order valence-corrected chi connectivity index (χ1v) is 6.61. The van der Waals surface area contributed by atoms with Crippen LogP contribution in [0.2, 0.25) is 5.02 Å². The first-order chi connectivity index (χ1) is 8.02. The van der Waals surface area contributed by atoms with Crippen molar-refractivity contribution in [3.05, 3.63) is 28.8 Å². The minimum Gasteiger partial charge on any atom is -0.508 e. The van der Waals surface area contributed by atoms with Crippen molar-refractivity contribution in [2.45, 2.75) is 46.2 Å². The second-order valence-corrected chi connectivity index (χ2v) is 5.24. The lowest BCUT2D eigenvalue weighted by molar-refractivity contribution is 0.406. The Morgan fingerprint density at radius 2 is 2.06 bits per heavy atom. The predicted octanol–water partition coefficient (Wildman–Crippen LogP) is 3.96. The molecule has 17 heavy (non-hydrogen) atoms. The van der Waals surface area contributed by atoms with Crippen LogP contribution in [0.5, 0.6) is 5.75 Å². The second kappa shape index (κ2) is 6.87. The van der Waals surface area contributed by atoms with Gasteiger partial charge in [0, 0.05) is 23.2 Å². The molecule has 0 saturated heterocycles. The molecule has 0 aromatic heterocycles. The lowest BCUT2D eigenvalue weighted by Crippen LogP contribution is -2.27. The van der Waals surface area contributed by atoms with E-state index in [-0.39, 0.29) is 0 Å². The molecule has 0 amide bonds. The highest BCUT2D eigenvalue weighted by molar-refractivity contribution is 6.30. The zero-order valence-corrected chi connectivity index (χ0v) is 11.6. The van der Waals surface area contributed by atoms with Crippen LogP contribution in [0.1, 0.15) is 39.2 Å². The number of rotatable bonds is 6. The summed E-state index contributed by atoms with van der Waals surface area (Å²) in [5, 5.41) is 13.8. The Morgan fingerprint density at radius 1 is 1.35 bits per heavy atom. The van der Waals surface area contributed by atoms with Gasteiger partial charge in [0.05, 0.1) is 0 Å². The second-order valence-electron chi connectivity index (χ2n) is 4.80. The smallest absolute Gasteiger partial charge is 0.120 e. The first kappa shape index (κ1) is 14.3. The van der Waals surface area contributed by atoms with Crippen molar-refractivity contribution < 1.29 is 5.11 Å². The van der Waals surface area contributed by atoms with Gasteiger partial charge in [-0.1, -0.05) is 31.9 Å². The average molecular weight is 256 g/mol. The quantitative estimate of drug-likeness (QED) is 0.807. The molecule has 0 heterocycles. The van der Waals surface area contributed by atoms with E-state index in [1.165, 1.54) is 6.42 Å². The van der Waals surface area contributed by atoms with Crippen molar-refractivity contribution in [3.8, 4) is 5.75 Å². The molecule has 2 unspecified atom stereocenters. The van der Waals surface area contributed by atoms with E-state index in [1.807, 2.05) is 0 Å². The van der Waals surface area contributed by atoms with Crippen molar-refractivity contribution in [2.24, 2.45) is 5.92 Å². The molecule has 2 nitrogen and oxygen atoms in total. The Balaban J connectivity index is 2.47. The zero-order valence-electron chi connectivity index (χ0n) is 10.8. The van der Waals surface area contributed by atoms with Crippen LogP contribution in [0.4, 0.5) is 0 Å². The number of aromatic hydroxyl groups is 1. The fourth-order valence-electron chi connectivity index (χ4n) is 1.83. The number of phenolic OH excluding ortho intramolecular Hbond substituents is 1. The molecule has 0 saturated carbocycles. The molecule has 96 valence electrons. The monoisotopic (exact) mass is 255 g/mol. The maximum atomic E-state index is 9.68. The van der Waals surface area contributed by atoms with E-state index >= 15 is 0 Å². The number of nitrogens with one attached hydrogen (secondary N) is 1. The molecule has 0 aliphatic rings. The molecule has 0 radical (unpaired) electrons. The number of halogens is 1. The molecule has 0 aliphatic heterocycles. The molecule has 2 atom stereocenters. The van der Waals surface area contributed by atoms with Gasteiger partial charge in [0.1, 0.15) is 5.75 Å². The van der Waals surface area contributed by atoms with Gasteiger partial charge in [0.2, 0.25) is 0 Å². The van der Waals surface area contributed by atoms with Crippen LogP contribution in [-0.2, 0) is 6.54 Å². The van der Waals surface area contributed by atoms with Crippen molar-refractivity contribution in [2.75, 3.05) is 0 Å². The zero-order chi connectivity index (χ0) is 12.8. The van der Waals surface area contributed by atoms with E-state index in [4.69, 9.17) is 11.6 Å². The van der Waals surface area contributed by atoms with Gasteiger partial charge in [-0.2, -0.15) is 0 Å². The van der Waals surface area contributed by atoms with Crippen LogP contribution in [-0.4, -0.2) is 11.1 Å². The largest absolute Gasteiger partial charge is 0.508 e. The van der Waals surface area contributed by atoms with Gasteiger partial charge in [-0.3, -0.25) is 0 Å². The average Bonchev–Trinajstić information content (AvgIpc) is 2.30. The van der Waals surface area contributed by atoms with Gasteiger partial charge >= 0.3 is 0 Å². The van der Waals surface area contributed by atoms with Gasteiger partial charge in [0.25, 0.3) is 0 Å². The van der Waals surface area contributed by atoms with Gasteiger partial charge in [-0.15, -0.1) is 0 Å². The topological polar surface area (TPSA) is 32.3 Å². The predicted molar refractivity (Wildman–Crippen MR) is 73.5 cm³/mol. The van der Waals surface area contributed by atoms with Crippen molar-refractivity contribution in [1.82, 2.24) is 5.32 Å². The van der Waals surface area contributed by atoms with Crippen LogP contribution in [0.15, 0.2) is 18.2 Å². The Morgan fingerprint density at radius 3 is 2.71 bits per heavy atom. The summed E-state index contributed by atoms with van der Waals surface area (Å²) in [4.78, 5) is 0. The third kappa shape index (κ3) is 4.97. The van der Waals surface area contributed by atoms with Crippen LogP contribution in [0.25, 0.3) is 0 Å². The maximum Gasteiger partial charge on any atom is 0.120 e. The van der Waals surface area contributed by atoms with Gasteiger partial charge in [0.15, 0.2) is 0 Å². The highest BCUT2D eigenvalue weighted by atomic mass is 35.5.